The Morgan fingerprint density at radius 1 is 0.364 bits per heavy atom. The van der Waals surface area contributed by atoms with Gasteiger partial charge < -0.3 is 20.3 Å². The Balaban J connectivity index is 3.38. The van der Waals surface area contributed by atoms with Gasteiger partial charge >= 0.3 is 5.97 Å². The van der Waals surface area contributed by atoms with Gasteiger partial charge in [0.25, 0.3) is 0 Å². The van der Waals surface area contributed by atoms with Gasteiger partial charge in [0.2, 0.25) is 5.91 Å². The van der Waals surface area contributed by atoms with Crippen molar-refractivity contribution >= 4 is 11.9 Å². The van der Waals surface area contributed by atoms with Crippen molar-refractivity contribution in [3.8, 4) is 0 Å². The summed E-state index contributed by atoms with van der Waals surface area (Å²) in [5, 5.41) is 23.2. The highest BCUT2D eigenvalue weighted by Gasteiger charge is 2.18. The molecule has 0 saturated heterocycles. The number of rotatable bonds is 65. The topological polar surface area (TPSA) is 95.9 Å². The molecule has 0 aliphatic rings. The highest BCUT2D eigenvalue weighted by atomic mass is 16.5. The average Bonchev–Trinajstić information content (AvgIpc) is 3.43. The van der Waals surface area contributed by atoms with Crippen LogP contribution in [0.25, 0.3) is 0 Å². The van der Waals surface area contributed by atoms with E-state index in [2.05, 4.69) is 43.5 Å². The predicted molar refractivity (Wildman–Crippen MR) is 338 cm³/mol. The molecule has 0 fully saturated rings. The molecule has 0 heterocycles. The van der Waals surface area contributed by atoms with Gasteiger partial charge in [-0.3, -0.25) is 9.59 Å². The fourth-order valence-corrected chi connectivity index (χ4v) is 10.8. The van der Waals surface area contributed by atoms with E-state index in [0.29, 0.717) is 19.4 Å². The molecule has 0 aliphatic heterocycles. The molecule has 0 spiro atoms. The molecule has 0 saturated carbocycles. The summed E-state index contributed by atoms with van der Waals surface area (Å²) in [7, 11) is 0. The van der Waals surface area contributed by atoms with Crippen molar-refractivity contribution in [2.24, 2.45) is 0 Å². The van der Waals surface area contributed by atoms with Crippen LogP contribution >= 0.6 is 0 Å². The minimum atomic E-state index is -0.844. The quantitative estimate of drug-likeness (QED) is 0.0320. The molecule has 0 radical (unpaired) electrons. The summed E-state index contributed by atoms with van der Waals surface area (Å²) in [6.45, 7) is 4.91. The molecule has 1 amide bonds. The number of amides is 1. The van der Waals surface area contributed by atoms with Crippen LogP contribution in [0, 0.1) is 0 Å². The zero-order chi connectivity index (χ0) is 55.7. The van der Waals surface area contributed by atoms with Crippen LogP contribution < -0.4 is 5.32 Å². The molecular weight excluding hydrogens is 947 g/mol. The summed E-state index contributed by atoms with van der Waals surface area (Å²) < 4.78 is 5.51. The first-order valence-electron chi connectivity index (χ1n) is 34.8. The summed E-state index contributed by atoms with van der Waals surface area (Å²) in [6, 6.07) is -0.627. The lowest BCUT2D eigenvalue weighted by molar-refractivity contribution is -0.143. The van der Waals surface area contributed by atoms with E-state index < -0.39 is 12.1 Å². The molecule has 0 aliphatic carbocycles. The third-order valence-corrected chi connectivity index (χ3v) is 16.2. The Hall–Kier alpha value is -1.92. The van der Waals surface area contributed by atoms with Gasteiger partial charge in [-0.2, -0.15) is 0 Å². The third kappa shape index (κ3) is 63.1. The standard InChI is InChI=1S/C71H135NO5/c1-3-5-7-9-11-13-15-17-19-21-28-33-37-41-45-49-53-57-61-65-71(76)77-66-62-58-54-50-46-42-38-34-30-27-25-23-22-24-26-29-32-36-40-44-48-52-56-60-64-70(75)72-68(67-73)69(74)63-59-55-51-47-43-39-35-31-20-18-16-14-12-10-8-6-4-2/h11,13,17,19,59,63,68-69,73-74H,3-10,12,14-16,18,20-58,60-62,64-67H2,1-2H3,(H,72,75)/b13-11-,19-17-,63-59+. The number of hydrogen-bond donors (Lipinski definition) is 3. The molecule has 2 unspecified atom stereocenters. The molecular formula is C71H135NO5. The van der Waals surface area contributed by atoms with E-state index >= 15 is 0 Å². The van der Waals surface area contributed by atoms with Crippen molar-refractivity contribution in [2.75, 3.05) is 13.2 Å². The highest BCUT2D eigenvalue weighted by molar-refractivity contribution is 5.76. The fraction of sp³-hybridized carbons (Fsp3) is 0.887. The van der Waals surface area contributed by atoms with Crippen LogP contribution in [-0.2, 0) is 14.3 Å². The van der Waals surface area contributed by atoms with Gasteiger partial charge in [-0.25, -0.2) is 0 Å². The number of carbonyl (C=O) groups is 2. The molecule has 6 nitrogen and oxygen atoms in total. The average molecular weight is 1080 g/mol. The summed E-state index contributed by atoms with van der Waals surface area (Å²) in [6.07, 6.45) is 85.0. The number of ether oxygens (including phenoxy) is 1. The number of hydrogen-bond acceptors (Lipinski definition) is 5. The van der Waals surface area contributed by atoms with Gasteiger partial charge in [-0.15, -0.1) is 0 Å². The molecule has 0 aromatic heterocycles. The van der Waals surface area contributed by atoms with Crippen molar-refractivity contribution < 1.29 is 24.5 Å². The first kappa shape index (κ1) is 75.1. The van der Waals surface area contributed by atoms with Crippen molar-refractivity contribution in [1.82, 2.24) is 5.32 Å². The zero-order valence-electron chi connectivity index (χ0n) is 52.0. The van der Waals surface area contributed by atoms with Gasteiger partial charge in [0.15, 0.2) is 0 Å². The Kier molecular flexibility index (Phi) is 64.9. The first-order chi connectivity index (χ1) is 38.0. The van der Waals surface area contributed by atoms with E-state index in [-0.39, 0.29) is 18.5 Å². The number of aliphatic hydroxyl groups is 2. The SMILES string of the molecule is CCCCC/C=C\C/C=C\CCCCCCCCCCCC(=O)OCCCCCCCCCCCCCCCCCCCCCCCCCCC(=O)NC(CO)C(O)/C=C/CCCCCCCCCCCCCCCCC. The minimum Gasteiger partial charge on any atom is -0.466 e. The lowest BCUT2D eigenvalue weighted by atomic mass is 10.0. The zero-order valence-corrected chi connectivity index (χ0v) is 52.0. The number of aliphatic hydroxyl groups excluding tert-OH is 2. The highest BCUT2D eigenvalue weighted by Crippen LogP contribution is 2.18. The molecule has 0 rings (SSSR count). The van der Waals surface area contributed by atoms with Gasteiger partial charge in [0.1, 0.15) is 0 Å². The van der Waals surface area contributed by atoms with Gasteiger partial charge in [-0.05, 0) is 64.2 Å². The van der Waals surface area contributed by atoms with Crippen LogP contribution in [0.3, 0.4) is 0 Å². The van der Waals surface area contributed by atoms with E-state index in [9.17, 15) is 19.8 Å². The summed E-state index contributed by atoms with van der Waals surface area (Å²) in [5.41, 5.74) is 0. The number of allylic oxidation sites excluding steroid dienone is 5. The second kappa shape index (κ2) is 66.6. The molecule has 2 atom stereocenters. The number of esters is 1. The largest absolute Gasteiger partial charge is 0.466 e. The Morgan fingerprint density at radius 3 is 1.01 bits per heavy atom. The van der Waals surface area contributed by atoms with E-state index in [0.717, 1.165) is 51.4 Å². The fourth-order valence-electron chi connectivity index (χ4n) is 10.8. The summed E-state index contributed by atoms with van der Waals surface area (Å²) in [4.78, 5) is 24.6. The molecule has 6 heteroatoms. The maximum absolute atomic E-state index is 12.5. The molecule has 77 heavy (non-hydrogen) atoms. The van der Waals surface area contributed by atoms with Crippen LogP contribution in [0.2, 0.25) is 0 Å². The van der Waals surface area contributed by atoms with Crippen LogP contribution in [0.15, 0.2) is 36.5 Å². The molecule has 0 aromatic carbocycles. The lowest BCUT2D eigenvalue weighted by Crippen LogP contribution is -2.45. The van der Waals surface area contributed by atoms with E-state index in [1.165, 1.54) is 302 Å². The summed E-state index contributed by atoms with van der Waals surface area (Å²) >= 11 is 0. The molecule has 0 aromatic rings. The van der Waals surface area contributed by atoms with E-state index in [1.807, 2.05) is 6.08 Å². The monoisotopic (exact) mass is 1080 g/mol. The third-order valence-electron chi connectivity index (χ3n) is 16.2. The first-order valence-corrected chi connectivity index (χ1v) is 34.8. The number of nitrogens with one attached hydrogen (secondary N) is 1. The van der Waals surface area contributed by atoms with Crippen LogP contribution in [-0.4, -0.2) is 47.4 Å². The van der Waals surface area contributed by atoms with Gasteiger partial charge in [0.05, 0.1) is 25.4 Å². The molecule has 454 valence electrons. The Morgan fingerprint density at radius 2 is 0.649 bits per heavy atom. The van der Waals surface area contributed by atoms with Gasteiger partial charge in [0, 0.05) is 12.8 Å². The minimum absolute atomic E-state index is 0.0117. The van der Waals surface area contributed by atoms with Crippen molar-refractivity contribution in [3.63, 3.8) is 0 Å². The Labute approximate surface area is 481 Å². The summed E-state index contributed by atoms with van der Waals surface area (Å²) in [5.74, 6) is -0.0525. The second-order valence-electron chi connectivity index (χ2n) is 23.9. The van der Waals surface area contributed by atoms with E-state index in [1.54, 1.807) is 6.08 Å². The number of carbonyl (C=O) groups excluding carboxylic acids is 2. The van der Waals surface area contributed by atoms with Crippen molar-refractivity contribution in [2.45, 2.75) is 392 Å². The van der Waals surface area contributed by atoms with Crippen LogP contribution in [0.4, 0.5) is 0 Å². The predicted octanol–water partition coefficient (Wildman–Crippen LogP) is 22.3. The normalized spacial score (nSPS) is 12.7. The van der Waals surface area contributed by atoms with Crippen LogP contribution in [0.5, 0.6) is 0 Å². The van der Waals surface area contributed by atoms with Crippen molar-refractivity contribution in [1.29, 1.82) is 0 Å². The Bertz CT molecular complexity index is 1250. The molecule has 3 N–H and O–H groups in total. The molecule has 0 bridgehead atoms. The maximum atomic E-state index is 12.5. The lowest BCUT2D eigenvalue weighted by Gasteiger charge is -2.20. The number of unbranched alkanes of at least 4 members (excludes halogenated alkanes) is 50. The van der Waals surface area contributed by atoms with Crippen molar-refractivity contribution in [3.05, 3.63) is 36.5 Å². The van der Waals surface area contributed by atoms with E-state index in [4.69, 9.17) is 4.74 Å². The smallest absolute Gasteiger partial charge is 0.305 e. The van der Waals surface area contributed by atoms with Crippen LogP contribution in [0.1, 0.15) is 380 Å². The second-order valence-corrected chi connectivity index (χ2v) is 23.9. The van der Waals surface area contributed by atoms with Gasteiger partial charge in [-0.1, -0.05) is 339 Å². The maximum Gasteiger partial charge on any atom is 0.305 e.